The van der Waals surface area contributed by atoms with Gasteiger partial charge in [-0.05, 0) is 25.7 Å². The molecule has 0 bridgehead atoms. The third-order valence-corrected chi connectivity index (χ3v) is 4.67. The van der Waals surface area contributed by atoms with Crippen LogP contribution in [0.5, 0.6) is 0 Å². The smallest absolute Gasteiger partial charge is 0.296 e. The number of hydrogen-bond acceptors (Lipinski definition) is 4. The standard InChI is InChI=1S/C10H14ClN3O2S/c11-17(15,16)10-13-12-9(7-3-1-2-4-7)14(10)8-5-6-8/h7-8H,1-6H2. The summed E-state index contributed by atoms with van der Waals surface area (Å²) in [5.41, 5.74) is 0. The second-order valence-electron chi connectivity index (χ2n) is 4.86. The molecule has 3 rings (SSSR count). The van der Waals surface area contributed by atoms with Gasteiger partial charge >= 0.3 is 0 Å². The van der Waals surface area contributed by atoms with Gasteiger partial charge in [0, 0.05) is 22.6 Å². The molecule has 5 nitrogen and oxygen atoms in total. The van der Waals surface area contributed by atoms with E-state index < -0.39 is 9.05 Å². The summed E-state index contributed by atoms with van der Waals surface area (Å²) in [5, 5.41) is 7.80. The molecule has 0 amide bonds. The van der Waals surface area contributed by atoms with Gasteiger partial charge in [0.25, 0.3) is 14.2 Å². The zero-order valence-electron chi connectivity index (χ0n) is 9.34. The lowest BCUT2D eigenvalue weighted by molar-refractivity contribution is 0.545. The maximum atomic E-state index is 11.5. The molecule has 2 saturated carbocycles. The maximum Gasteiger partial charge on any atom is 0.296 e. The Kier molecular flexibility index (Phi) is 2.66. The van der Waals surface area contributed by atoms with E-state index in [1.807, 2.05) is 0 Å². The highest BCUT2D eigenvalue weighted by atomic mass is 35.7. The zero-order valence-corrected chi connectivity index (χ0v) is 10.9. The summed E-state index contributed by atoms with van der Waals surface area (Å²) >= 11 is 0. The van der Waals surface area contributed by atoms with Crippen LogP contribution < -0.4 is 0 Å². The van der Waals surface area contributed by atoms with E-state index in [1.165, 1.54) is 12.8 Å². The van der Waals surface area contributed by atoms with Gasteiger partial charge in [-0.25, -0.2) is 8.42 Å². The highest BCUT2D eigenvalue weighted by Gasteiger charge is 2.36. The molecule has 0 aromatic carbocycles. The van der Waals surface area contributed by atoms with Crippen LogP contribution >= 0.6 is 10.7 Å². The predicted molar refractivity (Wildman–Crippen MR) is 62.5 cm³/mol. The average molecular weight is 276 g/mol. The number of nitrogens with zero attached hydrogens (tertiary/aromatic N) is 3. The van der Waals surface area contributed by atoms with Crippen LogP contribution in [0.4, 0.5) is 0 Å². The van der Waals surface area contributed by atoms with Gasteiger partial charge in [0.05, 0.1) is 0 Å². The van der Waals surface area contributed by atoms with Crippen molar-refractivity contribution in [1.82, 2.24) is 14.8 Å². The Hall–Kier alpha value is -0.620. The van der Waals surface area contributed by atoms with Crippen molar-refractivity contribution in [2.24, 2.45) is 0 Å². The van der Waals surface area contributed by atoms with E-state index in [2.05, 4.69) is 10.2 Å². The molecule has 7 heteroatoms. The van der Waals surface area contributed by atoms with Crippen LogP contribution in [0.25, 0.3) is 0 Å². The minimum Gasteiger partial charge on any atom is -0.297 e. The fourth-order valence-corrected chi connectivity index (χ4v) is 3.52. The molecular formula is C10H14ClN3O2S. The molecule has 1 aromatic rings. The fraction of sp³-hybridized carbons (Fsp3) is 0.800. The van der Waals surface area contributed by atoms with Crippen LogP contribution in [-0.4, -0.2) is 23.2 Å². The Balaban J connectivity index is 2.06. The lowest BCUT2D eigenvalue weighted by Crippen LogP contribution is -2.10. The summed E-state index contributed by atoms with van der Waals surface area (Å²) in [6.45, 7) is 0. The highest BCUT2D eigenvalue weighted by Crippen LogP contribution is 2.42. The van der Waals surface area contributed by atoms with E-state index in [4.69, 9.17) is 10.7 Å². The summed E-state index contributed by atoms with van der Waals surface area (Å²) in [7, 11) is 1.62. The number of hydrogen-bond donors (Lipinski definition) is 0. The van der Waals surface area contributed by atoms with E-state index >= 15 is 0 Å². The van der Waals surface area contributed by atoms with Crippen LogP contribution in [0.2, 0.25) is 0 Å². The molecule has 0 saturated heterocycles. The van der Waals surface area contributed by atoms with E-state index in [0.29, 0.717) is 5.92 Å². The molecular weight excluding hydrogens is 262 g/mol. The van der Waals surface area contributed by atoms with Crippen molar-refractivity contribution >= 4 is 19.7 Å². The van der Waals surface area contributed by atoms with Crippen LogP contribution in [0.3, 0.4) is 0 Å². The van der Waals surface area contributed by atoms with Crippen LogP contribution in [0, 0.1) is 0 Å². The van der Waals surface area contributed by atoms with E-state index in [0.717, 1.165) is 31.5 Å². The molecule has 17 heavy (non-hydrogen) atoms. The van der Waals surface area contributed by atoms with Gasteiger partial charge in [-0.15, -0.1) is 10.2 Å². The first-order valence-corrected chi connectivity index (χ1v) is 8.28. The fourth-order valence-electron chi connectivity index (χ4n) is 2.59. The molecule has 1 aromatic heterocycles. The van der Waals surface area contributed by atoms with Crippen LogP contribution in [-0.2, 0) is 9.05 Å². The van der Waals surface area contributed by atoms with Gasteiger partial charge in [-0.2, -0.15) is 0 Å². The minimum absolute atomic E-state index is 0.0661. The first-order valence-electron chi connectivity index (χ1n) is 5.97. The van der Waals surface area contributed by atoms with Crippen molar-refractivity contribution in [3.63, 3.8) is 0 Å². The van der Waals surface area contributed by atoms with Crippen LogP contribution in [0.15, 0.2) is 5.16 Å². The molecule has 2 aliphatic carbocycles. The van der Waals surface area contributed by atoms with Crippen molar-refractivity contribution in [2.45, 2.75) is 55.6 Å². The summed E-state index contributed by atoms with van der Waals surface area (Å²) in [6.07, 6.45) is 6.52. The zero-order chi connectivity index (χ0) is 12.0. The molecule has 0 atom stereocenters. The molecule has 94 valence electrons. The molecule has 0 unspecified atom stereocenters. The van der Waals surface area contributed by atoms with Crippen LogP contribution in [0.1, 0.15) is 56.3 Å². The lowest BCUT2D eigenvalue weighted by atomic mass is 10.1. The molecule has 0 radical (unpaired) electrons. The maximum absolute atomic E-state index is 11.5. The third-order valence-electron chi connectivity index (χ3n) is 3.54. The SMILES string of the molecule is O=S(=O)(Cl)c1nnc(C2CCCC2)n1C1CC1. The largest absolute Gasteiger partial charge is 0.297 e. The van der Waals surface area contributed by atoms with Gasteiger partial charge in [-0.1, -0.05) is 12.8 Å². The van der Waals surface area contributed by atoms with Gasteiger partial charge in [0.1, 0.15) is 5.82 Å². The Labute approximate surface area is 105 Å². The van der Waals surface area contributed by atoms with Crippen molar-refractivity contribution in [3.8, 4) is 0 Å². The molecule has 0 spiro atoms. The Morgan fingerprint density at radius 2 is 1.76 bits per heavy atom. The predicted octanol–water partition coefficient (Wildman–Crippen LogP) is 2.20. The number of halogens is 1. The van der Waals surface area contributed by atoms with Crippen molar-refractivity contribution in [3.05, 3.63) is 5.82 Å². The Morgan fingerprint density at radius 3 is 2.29 bits per heavy atom. The summed E-state index contributed by atoms with van der Waals surface area (Å²) < 4.78 is 24.7. The van der Waals surface area contributed by atoms with E-state index in [9.17, 15) is 8.42 Å². The lowest BCUT2D eigenvalue weighted by Gasteiger charge is -2.11. The second kappa shape index (κ2) is 3.95. The first kappa shape index (κ1) is 11.5. The van der Waals surface area contributed by atoms with Gasteiger partial charge < -0.3 is 0 Å². The summed E-state index contributed by atoms with van der Waals surface area (Å²) in [6, 6.07) is 0.240. The van der Waals surface area contributed by atoms with Gasteiger partial charge in [0.15, 0.2) is 0 Å². The quantitative estimate of drug-likeness (QED) is 0.793. The van der Waals surface area contributed by atoms with Gasteiger partial charge in [0.2, 0.25) is 0 Å². The first-order chi connectivity index (χ1) is 8.07. The number of rotatable bonds is 3. The average Bonchev–Trinajstić information content (AvgIpc) is 2.81. The van der Waals surface area contributed by atoms with Gasteiger partial charge in [-0.3, -0.25) is 4.57 Å². The number of aromatic nitrogens is 3. The second-order valence-corrected chi connectivity index (χ2v) is 7.32. The van der Waals surface area contributed by atoms with E-state index in [-0.39, 0.29) is 11.2 Å². The molecule has 1 heterocycles. The third kappa shape index (κ3) is 2.08. The Morgan fingerprint density at radius 1 is 1.12 bits per heavy atom. The molecule has 2 aliphatic rings. The Bertz CT molecular complexity index is 530. The van der Waals surface area contributed by atoms with Crippen molar-refractivity contribution in [1.29, 1.82) is 0 Å². The summed E-state index contributed by atoms with van der Waals surface area (Å²) in [5.74, 6) is 1.18. The summed E-state index contributed by atoms with van der Waals surface area (Å²) in [4.78, 5) is 0. The van der Waals surface area contributed by atoms with E-state index in [1.54, 1.807) is 4.57 Å². The normalized spacial score (nSPS) is 22.2. The highest BCUT2D eigenvalue weighted by molar-refractivity contribution is 8.13. The monoisotopic (exact) mass is 275 g/mol. The minimum atomic E-state index is -3.79. The topological polar surface area (TPSA) is 64.8 Å². The van der Waals surface area contributed by atoms with Crippen molar-refractivity contribution in [2.75, 3.05) is 0 Å². The molecule has 0 N–H and O–H groups in total. The molecule has 2 fully saturated rings. The van der Waals surface area contributed by atoms with Crippen molar-refractivity contribution < 1.29 is 8.42 Å². The molecule has 0 aliphatic heterocycles.